The van der Waals surface area contributed by atoms with Gasteiger partial charge in [-0.3, -0.25) is 14.5 Å². The van der Waals surface area contributed by atoms with Crippen molar-refractivity contribution in [3.63, 3.8) is 0 Å². The van der Waals surface area contributed by atoms with E-state index < -0.39 is 0 Å². The number of rotatable bonds is 7. The summed E-state index contributed by atoms with van der Waals surface area (Å²) in [5.41, 5.74) is 5.15. The van der Waals surface area contributed by atoms with Crippen LogP contribution < -0.4 is 4.90 Å². The van der Waals surface area contributed by atoms with E-state index in [9.17, 15) is 9.59 Å². The van der Waals surface area contributed by atoms with Gasteiger partial charge < -0.3 is 9.47 Å². The summed E-state index contributed by atoms with van der Waals surface area (Å²) >= 11 is 0. The van der Waals surface area contributed by atoms with Crippen LogP contribution >= 0.6 is 0 Å². The molecular weight excluding hydrogens is 446 g/mol. The number of benzene rings is 2. The molecule has 5 nitrogen and oxygen atoms in total. The molecule has 3 aromatic rings. The molecule has 0 radical (unpaired) electrons. The predicted molar refractivity (Wildman–Crippen MR) is 144 cm³/mol. The Morgan fingerprint density at radius 1 is 0.944 bits per heavy atom. The SMILES string of the molecule is Cc1ccc(C2c3cccn3-c3ccccc3N2C(=O)CN(C(=O)CCC2CCCC2)C(C)C)cc1. The molecule has 0 N–H and O–H groups in total. The number of hydrogen-bond donors (Lipinski definition) is 0. The van der Waals surface area contributed by atoms with Gasteiger partial charge in [0, 0.05) is 18.7 Å². The minimum atomic E-state index is -0.259. The molecule has 2 amide bonds. The van der Waals surface area contributed by atoms with Gasteiger partial charge in [-0.1, -0.05) is 67.6 Å². The molecule has 5 rings (SSSR count). The molecule has 0 bridgehead atoms. The fourth-order valence-electron chi connectivity index (χ4n) is 5.88. The fourth-order valence-corrected chi connectivity index (χ4v) is 5.88. The Hall–Kier alpha value is -3.34. The number of anilines is 1. The van der Waals surface area contributed by atoms with Crippen molar-refractivity contribution in [3.05, 3.63) is 83.7 Å². The van der Waals surface area contributed by atoms with E-state index in [2.05, 4.69) is 54.1 Å². The topological polar surface area (TPSA) is 45.6 Å². The molecular formula is C31H37N3O2. The van der Waals surface area contributed by atoms with Crippen LogP contribution in [0.25, 0.3) is 5.69 Å². The van der Waals surface area contributed by atoms with Crippen molar-refractivity contribution in [1.82, 2.24) is 9.47 Å². The molecule has 1 saturated carbocycles. The average molecular weight is 484 g/mol. The van der Waals surface area contributed by atoms with E-state index in [4.69, 9.17) is 0 Å². The molecule has 188 valence electrons. The van der Waals surface area contributed by atoms with E-state index >= 15 is 0 Å². The van der Waals surface area contributed by atoms with E-state index in [1.807, 2.05) is 43.0 Å². The number of nitrogens with zero attached hydrogens (tertiary/aromatic N) is 3. The molecule has 0 spiro atoms. The number of aryl methyl sites for hydroxylation is 1. The quantitative estimate of drug-likeness (QED) is 0.389. The van der Waals surface area contributed by atoms with Crippen molar-refractivity contribution in [2.75, 3.05) is 11.4 Å². The van der Waals surface area contributed by atoms with Crippen LogP contribution in [-0.2, 0) is 9.59 Å². The highest BCUT2D eigenvalue weighted by molar-refractivity contribution is 6.00. The molecule has 36 heavy (non-hydrogen) atoms. The lowest BCUT2D eigenvalue weighted by atomic mass is 9.96. The Labute approximate surface area is 214 Å². The number of hydrogen-bond acceptors (Lipinski definition) is 2. The van der Waals surface area contributed by atoms with Crippen LogP contribution in [0.3, 0.4) is 0 Å². The monoisotopic (exact) mass is 483 g/mol. The highest BCUT2D eigenvalue weighted by atomic mass is 16.2. The average Bonchev–Trinajstić information content (AvgIpc) is 3.58. The van der Waals surface area contributed by atoms with Crippen molar-refractivity contribution in [2.24, 2.45) is 5.92 Å². The van der Waals surface area contributed by atoms with E-state index in [1.54, 1.807) is 4.90 Å². The summed E-state index contributed by atoms with van der Waals surface area (Å²) in [7, 11) is 0. The van der Waals surface area contributed by atoms with Gasteiger partial charge in [0.2, 0.25) is 11.8 Å². The zero-order chi connectivity index (χ0) is 25.2. The van der Waals surface area contributed by atoms with Crippen LogP contribution in [0.5, 0.6) is 0 Å². The lowest BCUT2D eigenvalue weighted by Gasteiger charge is -2.40. The molecule has 2 heterocycles. The third-order valence-electron chi connectivity index (χ3n) is 7.87. The van der Waals surface area contributed by atoms with E-state index in [0.29, 0.717) is 12.3 Å². The van der Waals surface area contributed by atoms with Crippen molar-refractivity contribution in [3.8, 4) is 5.69 Å². The highest BCUT2D eigenvalue weighted by Crippen LogP contribution is 2.42. The second-order valence-corrected chi connectivity index (χ2v) is 10.7. The molecule has 1 aliphatic heterocycles. The lowest BCUT2D eigenvalue weighted by Crippen LogP contribution is -2.48. The van der Waals surface area contributed by atoms with Crippen molar-refractivity contribution in [2.45, 2.75) is 71.4 Å². The van der Waals surface area contributed by atoms with Gasteiger partial charge in [0.05, 0.1) is 17.1 Å². The Balaban J connectivity index is 1.47. The van der Waals surface area contributed by atoms with E-state index in [0.717, 1.165) is 29.1 Å². The number of aromatic nitrogens is 1. The molecule has 1 aromatic heterocycles. The van der Waals surface area contributed by atoms with Crippen LogP contribution in [0.1, 0.15) is 75.2 Å². The molecule has 1 unspecified atom stereocenters. The number of fused-ring (bicyclic) bond motifs is 3. The summed E-state index contributed by atoms with van der Waals surface area (Å²) in [5, 5.41) is 0. The fraction of sp³-hybridized carbons (Fsp3) is 0.419. The maximum Gasteiger partial charge on any atom is 0.247 e. The zero-order valence-electron chi connectivity index (χ0n) is 21.7. The summed E-state index contributed by atoms with van der Waals surface area (Å²) in [6, 6.07) is 20.3. The molecule has 1 aliphatic carbocycles. The third kappa shape index (κ3) is 4.71. The number of carbonyl (C=O) groups is 2. The Kier molecular flexibility index (Phi) is 6.99. The van der Waals surface area contributed by atoms with Gasteiger partial charge in [-0.25, -0.2) is 0 Å². The van der Waals surface area contributed by atoms with Gasteiger partial charge in [0.25, 0.3) is 0 Å². The normalized spacial score (nSPS) is 17.2. The van der Waals surface area contributed by atoms with Gasteiger partial charge >= 0.3 is 0 Å². The van der Waals surface area contributed by atoms with Crippen molar-refractivity contribution >= 4 is 17.5 Å². The van der Waals surface area contributed by atoms with Crippen LogP contribution in [-0.4, -0.2) is 33.9 Å². The summed E-state index contributed by atoms with van der Waals surface area (Å²) in [6.45, 7) is 6.17. The minimum absolute atomic E-state index is 0.0354. The first kappa shape index (κ1) is 24.4. The van der Waals surface area contributed by atoms with Crippen molar-refractivity contribution < 1.29 is 9.59 Å². The maximum atomic E-state index is 14.1. The second kappa shape index (κ2) is 10.3. The molecule has 0 saturated heterocycles. The summed E-state index contributed by atoms with van der Waals surface area (Å²) < 4.78 is 2.18. The minimum Gasteiger partial charge on any atom is -0.331 e. The Morgan fingerprint density at radius 3 is 2.33 bits per heavy atom. The first-order valence-corrected chi connectivity index (χ1v) is 13.4. The number of carbonyl (C=O) groups excluding carboxylic acids is 2. The molecule has 1 atom stereocenters. The van der Waals surface area contributed by atoms with Crippen LogP contribution in [0.15, 0.2) is 66.9 Å². The van der Waals surface area contributed by atoms with E-state index in [-0.39, 0.29) is 30.4 Å². The van der Waals surface area contributed by atoms with Gasteiger partial charge in [0.1, 0.15) is 12.6 Å². The molecule has 2 aromatic carbocycles. The van der Waals surface area contributed by atoms with Crippen molar-refractivity contribution in [1.29, 1.82) is 0 Å². The smallest absolute Gasteiger partial charge is 0.247 e. The molecule has 2 aliphatic rings. The summed E-state index contributed by atoms with van der Waals surface area (Å²) in [6.07, 6.45) is 8.54. The summed E-state index contributed by atoms with van der Waals surface area (Å²) in [4.78, 5) is 31.1. The third-order valence-corrected chi connectivity index (χ3v) is 7.87. The lowest BCUT2D eigenvalue weighted by molar-refractivity contribution is -0.137. The highest BCUT2D eigenvalue weighted by Gasteiger charge is 2.37. The molecule has 1 fully saturated rings. The second-order valence-electron chi connectivity index (χ2n) is 10.7. The number of para-hydroxylation sites is 2. The van der Waals surface area contributed by atoms with Gasteiger partial charge in [-0.15, -0.1) is 0 Å². The maximum absolute atomic E-state index is 14.1. The first-order valence-electron chi connectivity index (χ1n) is 13.4. The van der Waals surface area contributed by atoms with Gasteiger partial charge in [-0.05, 0) is 62.9 Å². The van der Waals surface area contributed by atoms with E-state index in [1.165, 1.54) is 31.2 Å². The first-order chi connectivity index (χ1) is 17.4. The van der Waals surface area contributed by atoms with Crippen LogP contribution in [0.2, 0.25) is 0 Å². The Bertz CT molecular complexity index is 1220. The van der Waals surface area contributed by atoms with Gasteiger partial charge in [0.15, 0.2) is 0 Å². The van der Waals surface area contributed by atoms with Crippen LogP contribution in [0, 0.1) is 12.8 Å². The molecule has 5 heteroatoms. The van der Waals surface area contributed by atoms with Gasteiger partial charge in [-0.2, -0.15) is 0 Å². The predicted octanol–water partition coefficient (Wildman–Crippen LogP) is 6.43. The standard InChI is InChI=1S/C31H37N3O2/c1-22(2)33(29(35)19-16-24-9-4-5-10-24)21-30(36)34-27-12-7-6-11-26(27)32-20-8-13-28(32)31(34)25-17-14-23(3)15-18-25/h6-8,11-15,17-18,20,22,24,31H,4-5,9-10,16,19,21H2,1-3H3. The zero-order valence-corrected chi connectivity index (χ0v) is 21.7. The summed E-state index contributed by atoms with van der Waals surface area (Å²) in [5.74, 6) is 0.695. The number of amides is 2. The Morgan fingerprint density at radius 2 is 1.64 bits per heavy atom. The van der Waals surface area contributed by atoms with Crippen LogP contribution in [0.4, 0.5) is 5.69 Å². The largest absolute Gasteiger partial charge is 0.331 e.